The Labute approximate surface area is 153 Å². The summed E-state index contributed by atoms with van der Waals surface area (Å²) in [7, 11) is 0. The molecule has 134 valence electrons. The molecule has 1 aliphatic heterocycles. The number of nitrogens with zero attached hydrogens (tertiary/aromatic N) is 1. The summed E-state index contributed by atoms with van der Waals surface area (Å²) in [5.74, 6) is -0.543. The third-order valence-electron chi connectivity index (χ3n) is 4.75. The van der Waals surface area contributed by atoms with Crippen molar-refractivity contribution in [2.75, 3.05) is 18.4 Å². The molecule has 0 radical (unpaired) electrons. The summed E-state index contributed by atoms with van der Waals surface area (Å²) >= 11 is 0. The van der Waals surface area contributed by atoms with Crippen molar-refractivity contribution < 1.29 is 9.59 Å². The van der Waals surface area contributed by atoms with Crippen molar-refractivity contribution in [3.05, 3.63) is 71.8 Å². The van der Waals surface area contributed by atoms with Crippen LogP contribution in [0, 0.1) is 0 Å². The first kappa shape index (κ1) is 17.9. The highest BCUT2D eigenvalue weighted by molar-refractivity contribution is 5.96. The summed E-state index contributed by atoms with van der Waals surface area (Å²) in [6, 6.07) is 16.7. The maximum absolute atomic E-state index is 12.5. The summed E-state index contributed by atoms with van der Waals surface area (Å²) in [4.78, 5) is 25.8. The number of hydrogen-bond donors (Lipinski definition) is 2. The Hall–Kier alpha value is -2.92. The van der Waals surface area contributed by atoms with E-state index in [1.165, 1.54) is 11.1 Å². The largest absolute Gasteiger partial charge is 0.366 e. The molecule has 26 heavy (non-hydrogen) atoms. The van der Waals surface area contributed by atoms with Gasteiger partial charge in [0.2, 0.25) is 11.8 Å². The van der Waals surface area contributed by atoms with E-state index in [1.54, 1.807) is 24.3 Å². The molecule has 0 saturated heterocycles. The van der Waals surface area contributed by atoms with E-state index < -0.39 is 5.91 Å². The highest BCUT2D eigenvalue weighted by Gasteiger charge is 2.23. The number of anilines is 1. The van der Waals surface area contributed by atoms with Gasteiger partial charge in [-0.2, -0.15) is 0 Å². The van der Waals surface area contributed by atoms with E-state index >= 15 is 0 Å². The van der Waals surface area contributed by atoms with Crippen LogP contribution in [0.3, 0.4) is 0 Å². The third-order valence-corrected chi connectivity index (χ3v) is 4.75. The molecule has 0 aliphatic carbocycles. The molecule has 2 aromatic carbocycles. The van der Waals surface area contributed by atoms with Gasteiger partial charge in [0.05, 0.1) is 6.04 Å². The quantitative estimate of drug-likeness (QED) is 0.871. The Morgan fingerprint density at radius 2 is 1.77 bits per heavy atom. The molecule has 0 bridgehead atoms. The van der Waals surface area contributed by atoms with Gasteiger partial charge >= 0.3 is 0 Å². The van der Waals surface area contributed by atoms with Gasteiger partial charge in [0.1, 0.15) is 0 Å². The average Bonchev–Trinajstić information content (AvgIpc) is 2.68. The van der Waals surface area contributed by atoms with E-state index in [-0.39, 0.29) is 11.9 Å². The summed E-state index contributed by atoms with van der Waals surface area (Å²) in [5, 5.41) is 2.89. The summed E-state index contributed by atoms with van der Waals surface area (Å²) in [5.41, 5.74) is 8.88. The van der Waals surface area contributed by atoms with E-state index in [0.717, 1.165) is 19.5 Å². The lowest BCUT2D eigenvalue weighted by Crippen LogP contribution is -2.44. The van der Waals surface area contributed by atoms with Crippen molar-refractivity contribution in [3.63, 3.8) is 0 Å². The molecule has 3 rings (SSSR count). The molecule has 1 atom stereocenters. The van der Waals surface area contributed by atoms with Crippen molar-refractivity contribution in [1.82, 2.24) is 4.90 Å². The predicted molar refractivity (Wildman–Crippen MR) is 104 cm³/mol. The van der Waals surface area contributed by atoms with Gasteiger partial charge in [-0.3, -0.25) is 14.5 Å². The molecule has 0 spiro atoms. The SMILES string of the molecule is C[C@@H](C(=O)Nc1ccc(C(N)=O)cc1)N1CC=C(c2ccccc2)CC1. The molecule has 3 N–H and O–H groups in total. The smallest absolute Gasteiger partial charge is 0.248 e. The van der Waals surface area contributed by atoms with E-state index in [0.29, 0.717) is 11.3 Å². The lowest BCUT2D eigenvalue weighted by Gasteiger charge is -2.31. The zero-order chi connectivity index (χ0) is 18.5. The Morgan fingerprint density at radius 3 is 2.35 bits per heavy atom. The Balaban J connectivity index is 1.59. The minimum absolute atomic E-state index is 0.0617. The lowest BCUT2D eigenvalue weighted by atomic mass is 9.99. The van der Waals surface area contributed by atoms with Crippen LogP contribution in [-0.4, -0.2) is 35.8 Å². The second-order valence-electron chi connectivity index (χ2n) is 6.45. The first-order chi connectivity index (χ1) is 12.5. The van der Waals surface area contributed by atoms with Crippen molar-refractivity contribution in [3.8, 4) is 0 Å². The number of rotatable bonds is 5. The Kier molecular flexibility index (Phi) is 5.49. The van der Waals surface area contributed by atoms with Gasteiger partial charge in [0.25, 0.3) is 0 Å². The molecule has 1 aliphatic rings. The first-order valence-corrected chi connectivity index (χ1v) is 8.74. The second kappa shape index (κ2) is 7.97. The van der Waals surface area contributed by atoms with Gasteiger partial charge in [0.15, 0.2) is 0 Å². The van der Waals surface area contributed by atoms with Gasteiger partial charge in [-0.05, 0) is 48.7 Å². The van der Waals surface area contributed by atoms with Crippen LogP contribution in [0.5, 0.6) is 0 Å². The van der Waals surface area contributed by atoms with Crippen LogP contribution in [0.1, 0.15) is 29.3 Å². The van der Waals surface area contributed by atoms with Gasteiger partial charge in [0, 0.05) is 24.3 Å². The van der Waals surface area contributed by atoms with Gasteiger partial charge in [-0.15, -0.1) is 0 Å². The fraction of sp³-hybridized carbons (Fsp3) is 0.238. The van der Waals surface area contributed by atoms with Crippen LogP contribution >= 0.6 is 0 Å². The standard InChI is InChI=1S/C21H23N3O2/c1-15(21(26)23-19-9-7-18(8-10-19)20(22)25)24-13-11-17(12-14-24)16-5-3-2-4-6-16/h2-11,15H,12-14H2,1H3,(H2,22,25)(H,23,26)/t15-/m0/s1. The summed E-state index contributed by atoms with van der Waals surface area (Å²) in [6.45, 7) is 3.50. The van der Waals surface area contributed by atoms with Crippen molar-refractivity contribution in [2.24, 2.45) is 5.73 Å². The topological polar surface area (TPSA) is 75.4 Å². The fourth-order valence-electron chi connectivity index (χ4n) is 3.08. The van der Waals surface area contributed by atoms with Crippen LogP contribution in [0.4, 0.5) is 5.69 Å². The monoisotopic (exact) mass is 349 g/mol. The van der Waals surface area contributed by atoms with Crippen molar-refractivity contribution >= 4 is 23.1 Å². The van der Waals surface area contributed by atoms with Gasteiger partial charge < -0.3 is 11.1 Å². The van der Waals surface area contributed by atoms with E-state index in [4.69, 9.17) is 5.73 Å². The zero-order valence-electron chi connectivity index (χ0n) is 14.8. The Morgan fingerprint density at radius 1 is 1.08 bits per heavy atom. The number of nitrogens with two attached hydrogens (primary N) is 1. The van der Waals surface area contributed by atoms with Crippen LogP contribution < -0.4 is 11.1 Å². The van der Waals surface area contributed by atoms with Gasteiger partial charge in [-0.1, -0.05) is 36.4 Å². The number of benzene rings is 2. The van der Waals surface area contributed by atoms with E-state index in [1.807, 2.05) is 25.1 Å². The molecule has 0 aromatic heterocycles. The molecule has 1 heterocycles. The summed E-state index contributed by atoms with van der Waals surface area (Å²) < 4.78 is 0. The predicted octanol–water partition coefficient (Wildman–Crippen LogP) is 2.90. The maximum atomic E-state index is 12.5. The molecular weight excluding hydrogens is 326 g/mol. The van der Waals surface area contributed by atoms with E-state index in [9.17, 15) is 9.59 Å². The Bertz CT molecular complexity index is 813. The van der Waals surface area contributed by atoms with Crippen LogP contribution in [-0.2, 0) is 4.79 Å². The molecule has 5 nitrogen and oxygen atoms in total. The normalized spacial score (nSPS) is 15.8. The molecule has 0 unspecified atom stereocenters. The van der Waals surface area contributed by atoms with Crippen molar-refractivity contribution in [1.29, 1.82) is 0 Å². The van der Waals surface area contributed by atoms with Crippen molar-refractivity contribution in [2.45, 2.75) is 19.4 Å². The van der Waals surface area contributed by atoms with Crippen LogP contribution in [0.15, 0.2) is 60.7 Å². The molecule has 2 amide bonds. The molecule has 0 fully saturated rings. The lowest BCUT2D eigenvalue weighted by molar-refractivity contribution is -0.120. The number of nitrogens with one attached hydrogen (secondary N) is 1. The van der Waals surface area contributed by atoms with Gasteiger partial charge in [-0.25, -0.2) is 0 Å². The zero-order valence-corrected chi connectivity index (χ0v) is 14.8. The highest BCUT2D eigenvalue weighted by atomic mass is 16.2. The number of amides is 2. The van der Waals surface area contributed by atoms with Crippen LogP contribution in [0.2, 0.25) is 0 Å². The fourth-order valence-corrected chi connectivity index (χ4v) is 3.08. The minimum atomic E-state index is -0.481. The first-order valence-electron chi connectivity index (χ1n) is 8.74. The number of carbonyl (C=O) groups excluding carboxylic acids is 2. The summed E-state index contributed by atoms with van der Waals surface area (Å²) in [6.07, 6.45) is 3.12. The highest BCUT2D eigenvalue weighted by Crippen LogP contribution is 2.23. The van der Waals surface area contributed by atoms with Crippen LogP contribution in [0.25, 0.3) is 5.57 Å². The third kappa shape index (κ3) is 4.18. The molecule has 0 saturated carbocycles. The molecule has 5 heteroatoms. The molecular formula is C21H23N3O2. The number of carbonyl (C=O) groups is 2. The maximum Gasteiger partial charge on any atom is 0.248 e. The molecule has 2 aromatic rings. The average molecular weight is 349 g/mol. The second-order valence-corrected chi connectivity index (χ2v) is 6.45. The minimum Gasteiger partial charge on any atom is -0.366 e. The number of hydrogen-bond acceptors (Lipinski definition) is 3. The number of primary amides is 1. The van der Waals surface area contributed by atoms with E-state index in [2.05, 4.69) is 28.4 Å².